The first kappa shape index (κ1) is 20.3. The molecule has 0 aromatic carbocycles. The molecule has 138 valence electrons. The quantitative estimate of drug-likeness (QED) is 0.320. The number of imidazole rings is 1. The summed E-state index contributed by atoms with van der Waals surface area (Å²) in [5, 5.41) is 7.77. The molecule has 0 fully saturated rings. The van der Waals surface area contributed by atoms with Crippen molar-refractivity contribution in [1.29, 1.82) is 0 Å². The average Bonchev–Trinajstić information content (AvgIpc) is 3.30. The van der Waals surface area contributed by atoms with Crippen LogP contribution in [-0.2, 0) is 13.0 Å². The zero-order valence-electron chi connectivity index (χ0n) is 14.7. The van der Waals surface area contributed by atoms with Gasteiger partial charge in [0.25, 0.3) is 0 Å². The molecule has 9 heteroatoms. The maximum Gasteiger partial charge on any atom is 0.191 e. The molecule has 2 N–H and O–H groups in total. The van der Waals surface area contributed by atoms with Gasteiger partial charge in [-0.3, -0.25) is 9.56 Å². The summed E-state index contributed by atoms with van der Waals surface area (Å²) in [4.78, 5) is 18.3. The number of rotatable bonds is 6. The Hall–Kier alpha value is -2.01. The minimum Gasteiger partial charge on any atom is -0.356 e. The van der Waals surface area contributed by atoms with Crippen molar-refractivity contribution in [3.05, 3.63) is 58.7 Å². The first-order valence-electron chi connectivity index (χ1n) is 8.03. The molecule has 3 rings (SSSR count). The Bertz CT molecular complexity index is 829. The summed E-state index contributed by atoms with van der Waals surface area (Å²) in [5.74, 6) is 1.62. The number of halogens is 1. The number of pyridine rings is 1. The monoisotopic (exact) mass is 483 g/mol. The molecule has 0 spiro atoms. The van der Waals surface area contributed by atoms with E-state index in [-0.39, 0.29) is 24.0 Å². The molecule has 0 aliphatic rings. The molecule has 0 aliphatic carbocycles. The van der Waals surface area contributed by atoms with Gasteiger partial charge in [-0.15, -0.1) is 35.3 Å². The van der Waals surface area contributed by atoms with Gasteiger partial charge in [-0.05, 0) is 24.6 Å². The molecule has 0 saturated carbocycles. The van der Waals surface area contributed by atoms with Gasteiger partial charge in [0.1, 0.15) is 12.1 Å². The Kier molecular flexibility index (Phi) is 7.98. The highest BCUT2D eigenvalue weighted by molar-refractivity contribution is 14.0. The van der Waals surface area contributed by atoms with Gasteiger partial charge in [-0.25, -0.2) is 15.0 Å². The Balaban J connectivity index is 0.00000243. The van der Waals surface area contributed by atoms with E-state index in [0.717, 1.165) is 35.3 Å². The van der Waals surface area contributed by atoms with Crippen molar-refractivity contribution < 1.29 is 0 Å². The number of guanidine groups is 1. The van der Waals surface area contributed by atoms with Crippen LogP contribution in [0.25, 0.3) is 5.82 Å². The highest BCUT2D eigenvalue weighted by Gasteiger charge is 2.03. The van der Waals surface area contributed by atoms with Crippen molar-refractivity contribution >= 4 is 41.3 Å². The Morgan fingerprint density at radius 3 is 2.85 bits per heavy atom. The van der Waals surface area contributed by atoms with E-state index in [1.807, 2.05) is 29.1 Å². The summed E-state index contributed by atoms with van der Waals surface area (Å²) in [5.41, 5.74) is 1.12. The third kappa shape index (κ3) is 5.77. The number of aryl methyl sites for hydroxylation is 1. The summed E-state index contributed by atoms with van der Waals surface area (Å²) in [6, 6.07) is 4.01. The standard InChI is InChI=1S/C17H21N7S.HI/c1-13-10-22-16(25-13)4-6-21-17(18-2)23-11-14-3-5-20-15(9-14)24-8-7-19-12-24;/h3,5,7-10,12H,4,6,11H2,1-2H3,(H2,18,21,23);1H. The Labute approximate surface area is 174 Å². The number of thiazole rings is 1. The lowest BCUT2D eigenvalue weighted by Crippen LogP contribution is -2.37. The molecule has 0 aliphatic heterocycles. The molecule has 0 bridgehead atoms. The number of hydrogen-bond donors (Lipinski definition) is 2. The topological polar surface area (TPSA) is 80.0 Å². The van der Waals surface area contributed by atoms with E-state index in [1.54, 1.807) is 37.1 Å². The van der Waals surface area contributed by atoms with E-state index >= 15 is 0 Å². The molecular weight excluding hydrogens is 461 g/mol. The SMILES string of the molecule is CN=C(NCCc1ncc(C)s1)NCc1ccnc(-n2ccnc2)c1.I. The molecule has 3 aromatic rings. The molecule has 0 atom stereocenters. The maximum atomic E-state index is 4.37. The van der Waals surface area contributed by atoms with Crippen molar-refractivity contribution in [2.45, 2.75) is 19.9 Å². The molecular formula is C17H22IN7S. The zero-order valence-corrected chi connectivity index (χ0v) is 17.9. The lowest BCUT2D eigenvalue weighted by Gasteiger charge is -2.12. The van der Waals surface area contributed by atoms with E-state index < -0.39 is 0 Å². The van der Waals surface area contributed by atoms with Crippen LogP contribution >= 0.6 is 35.3 Å². The normalized spacial score (nSPS) is 11.1. The van der Waals surface area contributed by atoms with E-state index in [2.05, 4.69) is 37.5 Å². The summed E-state index contributed by atoms with van der Waals surface area (Å²) in [6.45, 7) is 3.53. The van der Waals surface area contributed by atoms with Crippen LogP contribution in [0.4, 0.5) is 0 Å². The maximum absolute atomic E-state index is 4.37. The average molecular weight is 483 g/mol. The lowest BCUT2D eigenvalue weighted by atomic mass is 10.2. The van der Waals surface area contributed by atoms with Crippen molar-refractivity contribution in [3.63, 3.8) is 0 Å². The van der Waals surface area contributed by atoms with Crippen LogP contribution in [-0.4, -0.2) is 39.1 Å². The molecule has 0 radical (unpaired) electrons. The second-order valence-corrected chi connectivity index (χ2v) is 6.78. The fraction of sp³-hybridized carbons (Fsp3) is 0.294. The van der Waals surface area contributed by atoms with E-state index in [4.69, 9.17) is 0 Å². The van der Waals surface area contributed by atoms with Crippen molar-refractivity contribution in [1.82, 2.24) is 30.2 Å². The molecule has 26 heavy (non-hydrogen) atoms. The summed E-state index contributed by atoms with van der Waals surface area (Å²) in [7, 11) is 1.77. The predicted molar refractivity (Wildman–Crippen MR) is 116 cm³/mol. The van der Waals surface area contributed by atoms with Gasteiger partial charge in [0.15, 0.2) is 5.96 Å². The molecule has 3 heterocycles. The Morgan fingerprint density at radius 1 is 1.27 bits per heavy atom. The fourth-order valence-electron chi connectivity index (χ4n) is 2.32. The zero-order chi connectivity index (χ0) is 17.5. The van der Waals surface area contributed by atoms with Crippen LogP contribution in [0.5, 0.6) is 0 Å². The van der Waals surface area contributed by atoms with Crippen LogP contribution in [0.1, 0.15) is 15.4 Å². The van der Waals surface area contributed by atoms with E-state index in [0.29, 0.717) is 6.54 Å². The lowest BCUT2D eigenvalue weighted by molar-refractivity contribution is 0.790. The molecule has 7 nitrogen and oxygen atoms in total. The van der Waals surface area contributed by atoms with E-state index in [9.17, 15) is 0 Å². The number of nitrogens with one attached hydrogen (secondary N) is 2. The van der Waals surface area contributed by atoms with Gasteiger partial charge in [0, 0.05) is 56.2 Å². The van der Waals surface area contributed by atoms with Gasteiger partial charge in [0.2, 0.25) is 0 Å². The van der Waals surface area contributed by atoms with Crippen molar-refractivity contribution in [2.75, 3.05) is 13.6 Å². The fourth-order valence-corrected chi connectivity index (χ4v) is 3.10. The predicted octanol–water partition coefficient (Wildman–Crippen LogP) is 2.56. The first-order valence-corrected chi connectivity index (χ1v) is 8.85. The second-order valence-electron chi connectivity index (χ2n) is 5.46. The van der Waals surface area contributed by atoms with Crippen molar-refractivity contribution in [2.24, 2.45) is 4.99 Å². The van der Waals surface area contributed by atoms with Crippen LogP contribution in [0.2, 0.25) is 0 Å². The van der Waals surface area contributed by atoms with Crippen molar-refractivity contribution in [3.8, 4) is 5.82 Å². The summed E-state index contributed by atoms with van der Waals surface area (Å²) < 4.78 is 1.88. The summed E-state index contributed by atoms with van der Waals surface area (Å²) >= 11 is 1.73. The Morgan fingerprint density at radius 2 is 2.15 bits per heavy atom. The third-order valence-electron chi connectivity index (χ3n) is 3.56. The molecule has 3 aromatic heterocycles. The number of aliphatic imine (C=N–C) groups is 1. The summed E-state index contributed by atoms with van der Waals surface area (Å²) in [6.07, 6.45) is 9.95. The van der Waals surface area contributed by atoms with Crippen LogP contribution in [0.3, 0.4) is 0 Å². The largest absolute Gasteiger partial charge is 0.356 e. The second kappa shape index (κ2) is 10.2. The van der Waals surface area contributed by atoms with Gasteiger partial charge in [-0.2, -0.15) is 0 Å². The smallest absolute Gasteiger partial charge is 0.191 e. The van der Waals surface area contributed by atoms with Gasteiger partial charge in [-0.1, -0.05) is 0 Å². The van der Waals surface area contributed by atoms with Crippen LogP contribution in [0, 0.1) is 6.92 Å². The van der Waals surface area contributed by atoms with Gasteiger partial charge >= 0.3 is 0 Å². The van der Waals surface area contributed by atoms with Gasteiger partial charge in [0.05, 0.1) is 5.01 Å². The third-order valence-corrected chi connectivity index (χ3v) is 4.54. The minimum absolute atomic E-state index is 0. The van der Waals surface area contributed by atoms with Crippen LogP contribution < -0.4 is 10.6 Å². The van der Waals surface area contributed by atoms with Crippen LogP contribution in [0.15, 0.2) is 48.2 Å². The van der Waals surface area contributed by atoms with Gasteiger partial charge < -0.3 is 10.6 Å². The number of nitrogens with zero attached hydrogens (tertiary/aromatic N) is 5. The minimum atomic E-state index is 0. The highest BCUT2D eigenvalue weighted by atomic mass is 127. The number of hydrogen-bond acceptors (Lipinski definition) is 5. The number of aromatic nitrogens is 4. The molecule has 0 amide bonds. The highest BCUT2D eigenvalue weighted by Crippen LogP contribution is 2.11. The first-order chi connectivity index (χ1) is 12.2. The van der Waals surface area contributed by atoms with E-state index in [1.165, 1.54) is 4.88 Å². The molecule has 0 unspecified atom stereocenters. The molecule has 0 saturated heterocycles.